The highest BCUT2D eigenvalue weighted by Crippen LogP contribution is 2.30. The molecule has 4 nitrogen and oxygen atoms in total. The van der Waals surface area contributed by atoms with E-state index >= 15 is 0 Å². The Labute approximate surface area is 165 Å². The number of halogens is 4. The second-order valence-corrected chi connectivity index (χ2v) is 6.21. The number of nitrogens with one attached hydrogen (secondary N) is 1. The van der Waals surface area contributed by atoms with Crippen LogP contribution in [0.2, 0.25) is 5.02 Å². The lowest BCUT2D eigenvalue weighted by atomic mass is 10.1. The Morgan fingerprint density at radius 3 is 2.39 bits per heavy atom. The van der Waals surface area contributed by atoms with Gasteiger partial charge in [0.1, 0.15) is 5.76 Å². The maximum absolute atomic E-state index is 12.6. The molecule has 0 aromatic heterocycles. The summed E-state index contributed by atoms with van der Waals surface area (Å²) >= 11 is 6.07. The zero-order valence-electron chi connectivity index (χ0n) is 14.9. The molecule has 1 amide bonds. The number of amides is 1. The van der Waals surface area contributed by atoms with Crippen LogP contribution < -0.4 is 5.32 Å². The monoisotopic (exact) mass is 410 g/mol. The Balaban J connectivity index is 2.40. The van der Waals surface area contributed by atoms with Crippen LogP contribution in [0.3, 0.4) is 0 Å². The van der Waals surface area contributed by atoms with Crippen molar-refractivity contribution in [1.29, 1.82) is 0 Å². The van der Waals surface area contributed by atoms with Crippen LogP contribution in [0.5, 0.6) is 0 Å². The van der Waals surface area contributed by atoms with Crippen LogP contribution in [0.15, 0.2) is 59.1 Å². The van der Waals surface area contributed by atoms with E-state index in [1.165, 1.54) is 18.2 Å². The lowest BCUT2D eigenvalue weighted by molar-refractivity contribution is -0.137. The van der Waals surface area contributed by atoms with Crippen LogP contribution in [0.25, 0.3) is 5.76 Å². The van der Waals surface area contributed by atoms with Gasteiger partial charge in [-0.3, -0.25) is 9.79 Å². The van der Waals surface area contributed by atoms with Crippen LogP contribution in [0.4, 0.5) is 18.9 Å². The van der Waals surface area contributed by atoms with E-state index in [0.717, 1.165) is 18.3 Å². The Morgan fingerprint density at radius 2 is 1.82 bits per heavy atom. The standard InChI is InChI=1S/C20H18ClF3N2O2/c1-2-11-25-19(28)16(18(27)15-5-3-4-6-17(15)21)12-26-14-9-7-13(8-10-14)20(22,23)24/h3-10,12,27H,2,11H2,1H3,(H,25,28). The molecule has 0 aliphatic rings. The molecule has 2 rings (SSSR count). The molecular formula is C20H18ClF3N2O2. The first kappa shape index (κ1) is 21.5. The van der Waals surface area contributed by atoms with Crippen molar-refractivity contribution in [2.75, 3.05) is 6.54 Å². The van der Waals surface area contributed by atoms with E-state index in [1.807, 2.05) is 6.92 Å². The minimum atomic E-state index is -4.45. The molecule has 0 saturated carbocycles. The molecule has 28 heavy (non-hydrogen) atoms. The Morgan fingerprint density at radius 1 is 1.18 bits per heavy atom. The van der Waals surface area contributed by atoms with Crippen molar-refractivity contribution in [2.24, 2.45) is 4.99 Å². The summed E-state index contributed by atoms with van der Waals surface area (Å²) in [6.07, 6.45) is -2.66. The fraction of sp³-hybridized carbons (Fsp3) is 0.200. The molecule has 2 aromatic carbocycles. The summed E-state index contributed by atoms with van der Waals surface area (Å²) in [5, 5.41) is 13.4. The molecule has 0 heterocycles. The highest BCUT2D eigenvalue weighted by Gasteiger charge is 2.29. The first-order valence-corrected chi connectivity index (χ1v) is 8.79. The average Bonchev–Trinajstić information content (AvgIpc) is 2.66. The smallest absolute Gasteiger partial charge is 0.416 e. The van der Waals surface area contributed by atoms with Gasteiger partial charge >= 0.3 is 6.18 Å². The van der Waals surface area contributed by atoms with E-state index in [1.54, 1.807) is 18.2 Å². The van der Waals surface area contributed by atoms with E-state index in [4.69, 9.17) is 11.6 Å². The van der Waals surface area contributed by atoms with Gasteiger partial charge in [-0.05, 0) is 42.8 Å². The molecule has 2 aromatic rings. The highest BCUT2D eigenvalue weighted by atomic mass is 35.5. The number of aliphatic hydroxyl groups excluding tert-OH is 1. The largest absolute Gasteiger partial charge is 0.506 e. The summed E-state index contributed by atoms with van der Waals surface area (Å²) in [7, 11) is 0. The van der Waals surface area contributed by atoms with E-state index in [0.29, 0.717) is 13.0 Å². The van der Waals surface area contributed by atoms with Crippen LogP contribution in [-0.2, 0) is 11.0 Å². The number of carbonyl (C=O) groups is 1. The van der Waals surface area contributed by atoms with Crippen molar-refractivity contribution in [2.45, 2.75) is 19.5 Å². The number of carbonyl (C=O) groups excluding carboxylic acids is 1. The van der Waals surface area contributed by atoms with Gasteiger partial charge in [-0.15, -0.1) is 0 Å². The molecule has 0 aliphatic heterocycles. The minimum absolute atomic E-state index is 0.151. The molecule has 0 saturated heterocycles. The summed E-state index contributed by atoms with van der Waals surface area (Å²) < 4.78 is 37.9. The molecule has 0 atom stereocenters. The second kappa shape index (κ2) is 9.41. The number of hydrogen-bond donors (Lipinski definition) is 2. The van der Waals surface area contributed by atoms with Gasteiger partial charge in [0, 0.05) is 18.3 Å². The quantitative estimate of drug-likeness (QED) is 0.372. The van der Waals surface area contributed by atoms with Crippen molar-refractivity contribution in [3.05, 3.63) is 70.3 Å². The number of rotatable bonds is 6. The van der Waals surface area contributed by atoms with E-state index in [9.17, 15) is 23.1 Å². The SMILES string of the molecule is CCCNC(=O)C(C=Nc1ccc(C(F)(F)F)cc1)=C(O)c1ccccc1Cl. The lowest BCUT2D eigenvalue weighted by Gasteiger charge is -2.09. The third-order valence-corrected chi connectivity index (χ3v) is 4.03. The van der Waals surface area contributed by atoms with Gasteiger partial charge in [0.2, 0.25) is 0 Å². The normalized spacial score (nSPS) is 12.8. The number of nitrogens with zero attached hydrogens (tertiary/aromatic N) is 1. The van der Waals surface area contributed by atoms with E-state index in [2.05, 4.69) is 10.3 Å². The molecule has 2 N–H and O–H groups in total. The highest BCUT2D eigenvalue weighted by molar-refractivity contribution is 6.32. The third kappa shape index (κ3) is 5.60. The first-order chi connectivity index (χ1) is 13.2. The van der Waals surface area contributed by atoms with Crippen LogP contribution in [0.1, 0.15) is 24.5 Å². The summed E-state index contributed by atoms with van der Waals surface area (Å²) in [4.78, 5) is 16.4. The van der Waals surface area contributed by atoms with Crippen molar-refractivity contribution in [3.63, 3.8) is 0 Å². The average molecular weight is 411 g/mol. The molecule has 0 aliphatic carbocycles. The fourth-order valence-corrected chi connectivity index (χ4v) is 2.46. The number of alkyl halides is 3. The number of aliphatic imine (C=N–C) groups is 1. The van der Waals surface area contributed by atoms with Crippen molar-refractivity contribution >= 4 is 35.2 Å². The summed E-state index contributed by atoms with van der Waals surface area (Å²) in [6, 6.07) is 10.5. The lowest BCUT2D eigenvalue weighted by Crippen LogP contribution is -2.27. The first-order valence-electron chi connectivity index (χ1n) is 8.41. The Hall–Kier alpha value is -2.80. The number of hydrogen-bond acceptors (Lipinski definition) is 3. The molecule has 0 unspecified atom stereocenters. The number of aliphatic hydroxyl groups is 1. The molecule has 0 bridgehead atoms. The van der Waals surface area contributed by atoms with Crippen molar-refractivity contribution in [1.82, 2.24) is 5.32 Å². The fourth-order valence-electron chi connectivity index (χ4n) is 2.23. The molecule has 0 fully saturated rings. The van der Waals surface area contributed by atoms with Gasteiger partial charge in [-0.1, -0.05) is 30.7 Å². The van der Waals surface area contributed by atoms with E-state index < -0.39 is 17.6 Å². The van der Waals surface area contributed by atoms with Gasteiger partial charge in [0.05, 0.1) is 21.8 Å². The predicted octanol–water partition coefficient (Wildman–Crippen LogP) is 5.56. The van der Waals surface area contributed by atoms with Crippen LogP contribution in [0, 0.1) is 0 Å². The van der Waals surface area contributed by atoms with Gasteiger partial charge in [-0.2, -0.15) is 13.2 Å². The molecule has 8 heteroatoms. The van der Waals surface area contributed by atoms with Crippen LogP contribution >= 0.6 is 11.6 Å². The number of benzene rings is 2. The summed E-state index contributed by atoms with van der Waals surface area (Å²) in [5.41, 5.74) is -0.520. The van der Waals surface area contributed by atoms with Gasteiger partial charge in [0.25, 0.3) is 5.91 Å². The zero-order valence-corrected chi connectivity index (χ0v) is 15.7. The molecular weight excluding hydrogens is 393 g/mol. The van der Waals surface area contributed by atoms with E-state index in [-0.39, 0.29) is 27.6 Å². The van der Waals surface area contributed by atoms with Crippen molar-refractivity contribution < 1.29 is 23.1 Å². The maximum Gasteiger partial charge on any atom is 0.416 e. The Bertz CT molecular complexity index is 891. The minimum Gasteiger partial charge on any atom is -0.506 e. The Kier molecular flexibility index (Phi) is 7.23. The maximum atomic E-state index is 12.6. The van der Waals surface area contributed by atoms with Crippen molar-refractivity contribution in [3.8, 4) is 0 Å². The topological polar surface area (TPSA) is 61.7 Å². The van der Waals surface area contributed by atoms with Gasteiger partial charge in [0.15, 0.2) is 0 Å². The van der Waals surface area contributed by atoms with Crippen LogP contribution in [-0.4, -0.2) is 23.8 Å². The predicted molar refractivity (Wildman–Crippen MR) is 104 cm³/mol. The molecule has 0 radical (unpaired) electrons. The summed E-state index contributed by atoms with van der Waals surface area (Å²) in [5.74, 6) is -0.954. The molecule has 148 valence electrons. The summed E-state index contributed by atoms with van der Waals surface area (Å²) in [6.45, 7) is 2.25. The molecule has 0 spiro atoms. The third-order valence-electron chi connectivity index (χ3n) is 3.70. The second-order valence-electron chi connectivity index (χ2n) is 5.80. The van der Waals surface area contributed by atoms with Gasteiger partial charge < -0.3 is 10.4 Å². The zero-order chi connectivity index (χ0) is 20.7. The van der Waals surface area contributed by atoms with Gasteiger partial charge in [-0.25, -0.2) is 0 Å².